The Morgan fingerprint density at radius 2 is 1.94 bits per heavy atom. The number of anilines is 2. The number of nitro groups is 1. The number of halogens is 1. The van der Waals surface area contributed by atoms with Crippen LogP contribution in [-0.4, -0.2) is 34.1 Å². The highest BCUT2D eigenvalue weighted by molar-refractivity contribution is 6.32. The van der Waals surface area contributed by atoms with Gasteiger partial charge >= 0.3 is 0 Å². The number of aromatic nitrogens is 2. The van der Waals surface area contributed by atoms with E-state index in [2.05, 4.69) is 15.5 Å². The Bertz CT molecular complexity index is 1090. The van der Waals surface area contributed by atoms with Crippen molar-refractivity contribution in [3.63, 3.8) is 0 Å². The van der Waals surface area contributed by atoms with Crippen molar-refractivity contribution < 1.29 is 9.72 Å². The zero-order chi connectivity index (χ0) is 21.8. The number of nitro benzene ring substituents is 1. The van der Waals surface area contributed by atoms with Gasteiger partial charge in [0.25, 0.3) is 5.69 Å². The first-order valence-electron chi connectivity index (χ1n) is 9.90. The summed E-state index contributed by atoms with van der Waals surface area (Å²) in [5.74, 6) is 0.272. The van der Waals surface area contributed by atoms with Crippen molar-refractivity contribution in [2.75, 3.05) is 23.3 Å². The highest BCUT2D eigenvalue weighted by Gasteiger charge is 2.27. The van der Waals surface area contributed by atoms with Crippen molar-refractivity contribution in [1.82, 2.24) is 10.2 Å². The Morgan fingerprint density at radius 3 is 2.65 bits per heavy atom. The molecule has 0 aliphatic carbocycles. The third-order valence-electron chi connectivity index (χ3n) is 5.25. The highest BCUT2D eigenvalue weighted by atomic mass is 35.5. The SMILES string of the molecule is O=C(Nc1ccc(Cl)c([N+](=O)[O-])c1)C1CCCN(c2ccc(-c3ccccc3)nn2)C1. The van der Waals surface area contributed by atoms with E-state index < -0.39 is 4.92 Å². The van der Waals surface area contributed by atoms with Crippen LogP contribution in [0.25, 0.3) is 11.3 Å². The molecule has 1 aromatic heterocycles. The smallest absolute Gasteiger partial charge is 0.289 e. The van der Waals surface area contributed by atoms with E-state index in [1.165, 1.54) is 12.1 Å². The van der Waals surface area contributed by atoms with Crippen LogP contribution in [0.3, 0.4) is 0 Å². The van der Waals surface area contributed by atoms with E-state index in [9.17, 15) is 14.9 Å². The maximum atomic E-state index is 12.8. The molecule has 4 rings (SSSR count). The fourth-order valence-electron chi connectivity index (χ4n) is 3.63. The summed E-state index contributed by atoms with van der Waals surface area (Å²) in [7, 11) is 0. The van der Waals surface area contributed by atoms with Crippen molar-refractivity contribution in [2.45, 2.75) is 12.8 Å². The van der Waals surface area contributed by atoms with Gasteiger partial charge in [0.1, 0.15) is 5.02 Å². The minimum atomic E-state index is -0.571. The van der Waals surface area contributed by atoms with E-state index in [4.69, 9.17) is 11.6 Å². The Hall–Kier alpha value is -3.52. The first-order valence-corrected chi connectivity index (χ1v) is 10.3. The molecular formula is C22H20ClN5O3. The van der Waals surface area contributed by atoms with Crippen LogP contribution >= 0.6 is 11.6 Å². The van der Waals surface area contributed by atoms with Gasteiger partial charge in [-0.3, -0.25) is 14.9 Å². The molecule has 0 saturated carbocycles. The summed E-state index contributed by atoms with van der Waals surface area (Å²) in [6.45, 7) is 1.29. The average molecular weight is 438 g/mol. The summed E-state index contributed by atoms with van der Waals surface area (Å²) >= 11 is 5.84. The average Bonchev–Trinajstić information content (AvgIpc) is 2.81. The molecule has 0 radical (unpaired) electrons. The summed E-state index contributed by atoms with van der Waals surface area (Å²) in [5.41, 5.74) is 1.90. The third-order valence-corrected chi connectivity index (χ3v) is 5.57. The fraction of sp³-hybridized carbons (Fsp3) is 0.227. The Morgan fingerprint density at radius 1 is 1.13 bits per heavy atom. The van der Waals surface area contributed by atoms with Crippen molar-refractivity contribution in [3.8, 4) is 11.3 Å². The maximum Gasteiger partial charge on any atom is 0.289 e. The highest BCUT2D eigenvalue weighted by Crippen LogP contribution is 2.29. The second-order valence-corrected chi connectivity index (χ2v) is 7.75. The number of amides is 1. The van der Waals surface area contributed by atoms with Crippen molar-refractivity contribution in [3.05, 3.63) is 75.8 Å². The van der Waals surface area contributed by atoms with Crippen molar-refractivity contribution in [1.29, 1.82) is 0 Å². The second-order valence-electron chi connectivity index (χ2n) is 7.34. The molecule has 2 heterocycles. The molecule has 1 fully saturated rings. The van der Waals surface area contributed by atoms with Crippen LogP contribution in [0.4, 0.5) is 17.2 Å². The zero-order valence-electron chi connectivity index (χ0n) is 16.6. The first kappa shape index (κ1) is 20.7. The normalized spacial score (nSPS) is 16.0. The van der Waals surface area contributed by atoms with E-state index in [-0.39, 0.29) is 22.5 Å². The molecule has 1 N–H and O–H groups in total. The topological polar surface area (TPSA) is 101 Å². The van der Waals surface area contributed by atoms with Gasteiger partial charge in [-0.2, -0.15) is 0 Å². The quantitative estimate of drug-likeness (QED) is 0.463. The van der Waals surface area contributed by atoms with E-state index in [1.54, 1.807) is 6.07 Å². The van der Waals surface area contributed by atoms with Crippen LogP contribution < -0.4 is 10.2 Å². The Balaban J connectivity index is 1.43. The number of benzene rings is 2. The standard InChI is InChI=1S/C22H20ClN5O3/c23-18-9-8-17(13-20(18)28(30)31)24-22(29)16-7-4-12-27(14-16)21-11-10-19(25-26-21)15-5-2-1-3-6-15/h1-3,5-6,8-11,13,16H,4,7,12,14H2,(H,24,29). The Kier molecular flexibility index (Phi) is 6.08. The van der Waals surface area contributed by atoms with Gasteiger partial charge in [-0.15, -0.1) is 10.2 Å². The number of nitrogens with one attached hydrogen (secondary N) is 1. The van der Waals surface area contributed by atoms with Crippen molar-refractivity contribution in [2.24, 2.45) is 5.92 Å². The number of piperidine rings is 1. The molecule has 1 unspecified atom stereocenters. The molecule has 31 heavy (non-hydrogen) atoms. The number of hydrogen-bond acceptors (Lipinski definition) is 6. The largest absolute Gasteiger partial charge is 0.354 e. The van der Waals surface area contributed by atoms with Gasteiger partial charge in [-0.1, -0.05) is 41.9 Å². The molecule has 1 atom stereocenters. The summed E-state index contributed by atoms with van der Waals surface area (Å²) < 4.78 is 0. The molecule has 1 saturated heterocycles. The van der Waals surface area contributed by atoms with Crippen LogP contribution in [-0.2, 0) is 4.79 Å². The predicted octanol–water partition coefficient (Wildman–Crippen LogP) is 4.56. The number of carbonyl (C=O) groups excluding carboxylic acids is 1. The van der Waals surface area contributed by atoms with Gasteiger partial charge < -0.3 is 10.2 Å². The molecule has 8 nitrogen and oxygen atoms in total. The van der Waals surface area contributed by atoms with Crippen LogP contribution in [0.15, 0.2) is 60.7 Å². The first-order chi connectivity index (χ1) is 15.0. The number of carbonyl (C=O) groups is 1. The molecule has 158 valence electrons. The van der Waals surface area contributed by atoms with Gasteiger partial charge in [0.05, 0.1) is 16.5 Å². The van der Waals surface area contributed by atoms with Crippen LogP contribution in [0.2, 0.25) is 5.02 Å². The molecule has 0 spiro atoms. The lowest BCUT2D eigenvalue weighted by atomic mass is 9.97. The molecule has 3 aromatic rings. The van der Waals surface area contributed by atoms with Gasteiger partial charge in [0.2, 0.25) is 5.91 Å². The van der Waals surface area contributed by atoms with E-state index in [1.807, 2.05) is 47.4 Å². The molecule has 2 aromatic carbocycles. The molecular weight excluding hydrogens is 418 g/mol. The summed E-state index contributed by atoms with van der Waals surface area (Å²) in [4.78, 5) is 25.3. The van der Waals surface area contributed by atoms with E-state index in [0.29, 0.717) is 12.2 Å². The predicted molar refractivity (Wildman–Crippen MR) is 119 cm³/mol. The lowest BCUT2D eigenvalue weighted by Gasteiger charge is -2.32. The van der Waals surface area contributed by atoms with E-state index in [0.717, 1.165) is 36.5 Å². The van der Waals surface area contributed by atoms with Crippen LogP contribution in [0.1, 0.15) is 12.8 Å². The fourth-order valence-corrected chi connectivity index (χ4v) is 3.82. The molecule has 9 heteroatoms. The van der Waals surface area contributed by atoms with Gasteiger partial charge in [0.15, 0.2) is 5.82 Å². The zero-order valence-corrected chi connectivity index (χ0v) is 17.3. The van der Waals surface area contributed by atoms with Crippen molar-refractivity contribution >= 4 is 34.7 Å². The van der Waals surface area contributed by atoms with Gasteiger partial charge in [-0.05, 0) is 37.1 Å². The minimum Gasteiger partial charge on any atom is -0.354 e. The number of rotatable bonds is 5. The summed E-state index contributed by atoms with van der Waals surface area (Å²) in [6.07, 6.45) is 1.56. The molecule has 0 bridgehead atoms. The summed E-state index contributed by atoms with van der Waals surface area (Å²) in [5, 5.41) is 22.5. The lowest BCUT2D eigenvalue weighted by molar-refractivity contribution is -0.384. The van der Waals surface area contributed by atoms with E-state index >= 15 is 0 Å². The lowest BCUT2D eigenvalue weighted by Crippen LogP contribution is -2.41. The molecule has 1 amide bonds. The van der Waals surface area contributed by atoms with Crippen LogP contribution in [0.5, 0.6) is 0 Å². The van der Waals surface area contributed by atoms with Crippen LogP contribution in [0, 0.1) is 16.0 Å². The van der Waals surface area contributed by atoms with Gasteiger partial charge in [-0.25, -0.2) is 0 Å². The molecule has 1 aliphatic rings. The monoisotopic (exact) mass is 437 g/mol. The maximum absolute atomic E-state index is 12.8. The second kappa shape index (κ2) is 9.09. The number of nitrogens with zero attached hydrogens (tertiary/aromatic N) is 4. The van der Waals surface area contributed by atoms with Gasteiger partial charge in [0, 0.05) is 30.4 Å². The summed E-state index contributed by atoms with van der Waals surface area (Å²) in [6, 6.07) is 17.9. The Labute approximate surface area is 184 Å². The minimum absolute atomic E-state index is 0.0318. The third kappa shape index (κ3) is 4.80. The molecule has 1 aliphatic heterocycles. The number of hydrogen-bond donors (Lipinski definition) is 1.